The number of anilines is 1. The summed E-state index contributed by atoms with van der Waals surface area (Å²) < 4.78 is 5.26. The van der Waals surface area contributed by atoms with Crippen LogP contribution in [0.15, 0.2) is 48.5 Å². The van der Waals surface area contributed by atoms with Crippen molar-refractivity contribution >= 4 is 5.69 Å². The zero-order valence-corrected chi connectivity index (χ0v) is 13.4. The predicted octanol–water partition coefficient (Wildman–Crippen LogP) is 4.86. The molecule has 0 aliphatic rings. The molecule has 0 aromatic heterocycles. The minimum Gasteiger partial charge on any atom is -0.497 e. The Labute approximate surface area is 128 Å². The van der Waals surface area contributed by atoms with Gasteiger partial charge in [0.2, 0.25) is 0 Å². The molecule has 21 heavy (non-hydrogen) atoms. The van der Waals surface area contributed by atoms with Gasteiger partial charge in [-0.2, -0.15) is 0 Å². The van der Waals surface area contributed by atoms with Crippen LogP contribution in [-0.4, -0.2) is 13.7 Å². The smallest absolute Gasteiger partial charge is 0.119 e. The first-order chi connectivity index (χ1) is 10.1. The van der Waals surface area contributed by atoms with Crippen molar-refractivity contribution in [3.8, 4) is 5.75 Å². The predicted molar refractivity (Wildman–Crippen MR) is 90.2 cm³/mol. The van der Waals surface area contributed by atoms with E-state index in [1.54, 1.807) is 7.11 Å². The van der Waals surface area contributed by atoms with Crippen LogP contribution in [0.3, 0.4) is 0 Å². The molecule has 0 aliphatic heterocycles. The Morgan fingerprint density at radius 2 is 1.76 bits per heavy atom. The molecule has 0 heterocycles. The summed E-state index contributed by atoms with van der Waals surface area (Å²) in [5.74, 6) is 2.01. The van der Waals surface area contributed by atoms with E-state index < -0.39 is 0 Å². The van der Waals surface area contributed by atoms with Crippen LogP contribution in [0.4, 0.5) is 5.69 Å². The fourth-order valence-corrected chi connectivity index (χ4v) is 2.62. The van der Waals surface area contributed by atoms with E-state index in [2.05, 4.69) is 68.6 Å². The molecule has 0 saturated carbocycles. The Kier molecular flexibility index (Phi) is 5.26. The number of rotatable bonds is 6. The Bertz CT molecular complexity index is 563. The summed E-state index contributed by atoms with van der Waals surface area (Å²) in [6.07, 6.45) is 0. The van der Waals surface area contributed by atoms with Crippen LogP contribution < -0.4 is 10.1 Å². The van der Waals surface area contributed by atoms with E-state index in [4.69, 9.17) is 4.74 Å². The van der Waals surface area contributed by atoms with Gasteiger partial charge in [-0.3, -0.25) is 0 Å². The largest absolute Gasteiger partial charge is 0.497 e. The molecule has 0 aliphatic carbocycles. The van der Waals surface area contributed by atoms with Crippen molar-refractivity contribution in [3.63, 3.8) is 0 Å². The summed E-state index contributed by atoms with van der Waals surface area (Å²) in [6.45, 7) is 7.60. The van der Waals surface area contributed by atoms with Gasteiger partial charge in [0.1, 0.15) is 5.75 Å². The maximum atomic E-state index is 5.26. The van der Waals surface area contributed by atoms with Crippen molar-refractivity contribution in [1.82, 2.24) is 0 Å². The average molecular weight is 283 g/mol. The molecule has 1 unspecified atom stereocenters. The quantitative estimate of drug-likeness (QED) is 0.817. The molecule has 0 amide bonds. The third-order valence-corrected chi connectivity index (χ3v) is 3.98. The fourth-order valence-electron chi connectivity index (χ4n) is 2.62. The van der Waals surface area contributed by atoms with Gasteiger partial charge in [0.05, 0.1) is 7.11 Å². The van der Waals surface area contributed by atoms with Gasteiger partial charge in [0.25, 0.3) is 0 Å². The third kappa shape index (κ3) is 4.01. The van der Waals surface area contributed by atoms with Crippen LogP contribution in [0.25, 0.3) is 0 Å². The summed E-state index contributed by atoms with van der Waals surface area (Å²) in [7, 11) is 1.70. The van der Waals surface area contributed by atoms with Crippen LogP contribution in [0.2, 0.25) is 0 Å². The van der Waals surface area contributed by atoms with Crippen LogP contribution in [0.5, 0.6) is 5.75 Å². The zero-order valence-electron chi connectivity index (χ0n) is 13.4. The van der Waals surface area contributed by atoms with E-state index in [0.29, 0.717) is 11.8 Å². The van der Waals surface area contributed by atoms with Gasteiger partial charge in [-0.25, -0.2) is 0 Å². The van der Waals surface area contributed by atoms with E-state index >= 15 is 0 Å². The molecule has 112 valence electrons. The second-order valence-corrected chi connectivity index (χ2v) is 5.82. The number of ether oxygens (including phenoxy) is 1. The maximum absolute atomic E-state index is 5.26. The highest BCUT2D eigenvalue weighted by molar-refractivity contribution is 5.53. The zero-order chi connectivity index (χ0) is 15.2. The van der Waals surface area contributed by atoms with E-state index in [1.165, 1.54) is 16.8 Å². The van der Waals surface area contributed by atoms with E-state index in [0.717, 1.165) is 12.3 Å². The summed E-state index contributed by atoms with van der Waals surface area (Å²) in [5, 5.41) is 3.59. The molecule has 2 rings (SSSR count). The molecule has 1 atom stereocenters. The van der Waals surface area contributed by atoms with Crippen molar-refractivity contribution in [2.75, 3.05) is 19.0 Å². The van der Waals surface area contributed by atoms with Crippen LogP contribution in [-0.2, 0) is 0 Å². The Morgan fingerprint density at radius 3 is 2.33 bits per heavy atom. The molecule has 0 spiro atoms. The summed E-state index contributed by atoms with van der Waals surface area (Å²) in [4.78, 5) is 0. The van der Waals surface area contributed by atoms with Crippen molar-refractivity contribution in [2.24, 2.45) is 5.92 Å². The fraction of sp³-hybridized carbons (Fsp3) is 0.368. The van der Waals surface area contributed by atoms with Crippen LogP contribution in [0, 0.1) is 12.8 Å². The summed E-state index contributed by atoms with van der Waals surface area (Å²) in [5.41, 5.74) is 3.79. The Morgan fingerprint density at radius 1 is 1.05 bits per heavy atom. The molecule has 1 N–H and O–H groups in total. The van der Waals surface area contributed by atoms with Gasteiger partial charge in [-0.1, -0.05) is 44.2 Å². The molecule has 2 aromatic rings. The Hall–Kier alpha value is -1.96. The second-order valence-electron chi connectivity index (χ2n) is 5.82. The lowest BCUT2D eigenvalue weighted by Gasteiger charge is -2.23. The highest BCUT2D eigenvalue weighted by atomic mass is 16.5. The lowest BCUT2D eigenvalue weighted by Crippen LogP contribution is -2.18. The first kappa shape index (κ1) is 15.4. The number of hydrogen-bond acceptors (Lipinski definition) is 2. The first-order valence-electron chi connectivity index (χ1n) is 7.55. The lowest BCUT2D eigenvalue weighted by atomic mass is 9.88. The molecule has 0 saturated heterocycles. The van der Waals surface area contributed by atoms with Gasteiger partial charge in [0.15, 0.2) is 0 Å². The van der Waals surface area contributed by atoms with E-state index in [-0.39, 0.29) is 0 Å². The summed E-state index contributed by atoms with van der Waals surface area (Å²) >= 11 is 0. The highest BCUT2D eigenvalue weighted by Crippen LogP contribution is 2.26. The number of aryl methyl sites for hydroxylation is 1. The number of hydrogen-bond donors (Lipinski definition) is 1. The average Bonchev–Trinajstić information content (AvgIpc) is 2.49. The van der Waals surface area contributed by atoms with Crippen molar-refractivity contribution in [3.05, 3.63) is 59.7 Å². The van der Waals surface area contributed by atoms with Gasteiger partial charge in [-0.05, 0) is 42.2 Å². The van der Waals surface area contributed by atoms with Crippen LogP contribution in [0.1, 0.15) is 30.9 Å². The highest BCUT2D eigenvalue weighted by Gasteiger charge is 2.15. The summed E-state index contributed by atoms with van der Waals surface area (Å²) in [6, 6.07) is 16.9. The van der Waals surface area contributed by atoms with Gasteiger partial charge < -0.3 is 10.1 Å². The lowest BCUT2D eigenvalue weighted by molar-refractivity contribution is 0.414. The topological polar surface area (TPSA) is 21.3 Å². The Balaban J connectivity index is 2.09. The molecule has 2 heteroatoms. The third-order valence-electron chi connectivity index (χ3n) is 3.98. The molecule has 2 nitrogen and oxygen atoms in total. The number of methoxy groups -OCH3 is 1. The molecule has 2 aromatic carbocycles. The van der Waals surface area contributed by atoms with Crippen LogP contribution >= 0.6 is 0 Å². The standard InChI is InChI=1S/C19H25NO/c1-14(2)18(16-8-6-5-7-9-16)13-20-19-11-10-17(21-4)12-15(19)3/h5-12,14,18,20H,13H2,1-4H3. The minimum atomic E-state index is 0.507. The second kappa shape index (κ2) is 7.16. The monoisotopic (exact) mass is 283 g/mol. The van der Waals surface area contributed by atoms with Gasteiger partial charge >= 0.3 is 0 Å². The normalized spacial score (nSPS) is 12.2. The molecule has 0 radical (unpaired) electrons. The SMILES string of the molecule is COc1ccc(NCC(c2ccccc2)C(C)C)c(C)c1. The molecule has 0 fully saturated rings. The number of nitrogens with one attached hydrogen (secondary N) is 1. The van der Waals surface area contributed by atoms with Gasteiger partial charge in [-0.15, -0.1) is 0 Å². The molecule has 0 bridgehead atoms. The minimum absolute atomic E-state index is 0.507. The molecular formula is C19H25NO. The van der Waals surface area contributed by atoms with E-state index in [1.807, 2.05) is 6.07 Å². The van der Waals surface area contributed by atoms with Crippen molar-refractivity contribution in [2.45, 2.75) is 26.7 Å². The molecular weight excluding hydrogens is 258 g/mol. The number of benzene rings is 2. The van der Waals surface area contributed by atoms with E-state index in [9.17, 15) is 0 Å². The first-order valence-corrected chi connectivity index (χ1v) is 7.55. The maximum Gasteiger partial charge on any atom is 0.119 e. The van der Waals surface area contributed by atoms with Crippen molar-refractivity contribution in [1.29, 1.82) is 0 Å². The van der Waals surface area contributed by atoms with Gasteiger partial charge in [0, 0.05) is 18.2 Å². The van der Waals surface area contributed by atoms with Crippen molar-refractivity contribution < 1.29 is 4.74 Å².